The van der Waals surface area contributed by atoms with Gasteiger partial charge in [-0.2, -0.15) is 0 Å². The van der Waals surface area contributed by atoms with Crippen LogP contribution in [0.5, 0.6) is 0 Å². The summed E-state index contributed by atoms with van der Waals surface area (Å²) in [5.74, 6) is -0.116. The summed E-state index contributed by atoms with van der Waals surface area (Å²) in [5.41, 5.74) is 1.55. The van der Waals surface area contributed by atoms with E-state index in [0.29, 0.717) is 5.41 Å². The predicted molar refractivity (Wildman–Crippen MR) is 64.9 cm³/mol. The molecule has 0 unspecified atom stereocenters. The summed E-state index contributed by atoms with van der Waals surface area (Å²) in [4.78, 5) is 0. The molecule has 1 aromatic carbocycles. The van der Waals surface area contributed by atoms with Gasteiger partial charge in [0.25, 0.3) is 0 Å². The van der Waals surface area contributed by atoms with Crippen molar-refractivity contribution < 1.29 is 4.39 Å². The van der Waals surface area contributed by atoms with E-state index in [2.05, 4.69) is 12.2 Å². The smallest absolute Gasteiger partial charge is 0.123 e. The molecule has 0 radical (unpaired) electrons. The molecule has 0 bridgehead atoms. The van der Waals surface area contributed by atoms with E-state index < -0.39 is 0 Å². The van der Waals surface area contributed by atoms with Crippen LogP contribution in [0.2, 0.25) is 0 Å². The molecule has 0 spiro atoms. The van der Waals surface area contributed by atoms with Crippen LogP contribution in [0.1, 0.15) is 31.7 Å². The van der Waals surface area contributed by atoms with E-state index in [0.717, 1.165) is 25.1 Å². The van der Waals surface area contributed by atoms with Gasteiger partial charge in [0.2, 0.25) is 0 Å². The van der Waals surface area contributed by atoms with Gasteiger partial charge in [-0.1, -0.05) is 19.1 Å². The number of rotatable bonds is 6. The van der Waals surface area contributed by atoms with Crippen LogP contribution in [0.15, 0.2) is 24.3 Å². The molecule has 0 aromatic heterocycles. The van der Waals surface area contributed by atoms with Gasteiger partial charge < -0.3 is 5.32 Å². The van der Waals surface area contributed by atoms with Crippen molar-refractivity contribution in [2.45, 2.75) is 32.6 Å². The van der Waals surface area contributed by atoms with Crippen molar-refractivity contribution >= 4 is 0 Å². The second kappa shape index (κ2) is 4.96. The summed E-state index contributed by atoms with van der Waals surface area (Å²) in [5, 5.41) is 3.48. The van der Waals surface area contributed by atoms with Crippen molar-refractivity contribution in [2.75, 3.05) is 13.1 Å². The molecule has 1 aliphatic carbocycles. The quantitative estimate of drug-likeness (QED) is 0.728. The second-order valence-electron chi connectivity index (χ2n) is 4.98. The van der Waals surface area contributed by atoms with Gasteiger partial charge in [0, 0.05) is 6.54 Å². The maximum Gasteiger partial charge on any atom is 0.123 e. The first-order valence-electron chi connectivity index (χ1n) is 6.19. The number of hydrogen-bond acceptors (Lipinski definition) is 1. The number of nitrogens with one attached hydrogen (secondary N) is 1. The Labute approximate surface area is 97.1 Å². The van der Waals surface area contributed by atoms with Crippen LogP contribution < -0.4 is 5.32 Å². The highest BCUT2D eigenvalue weighted by atomic mass is 19.1. The van der Waals surface area contributed by atoms with Crippen LogP contribution in [-0.4, -0.2) is 13.1 Å². The van der Waals surface area contributed by atoms with Crippen LogP contribution in [0.25, 0.3) is 0 Å². The molecule has 1 aromatic rings. The highest BCUT2D eigenvalue weighted by Crippen LogP contribution is 2.47. The molecule has 1 nitrogen and oxygen atoms in total. The van der Waals surface area contributed by atoms with Crippen LogP contribution in [-0.2, 0) is 6.42 Å². The molecule has 1 N–H and O–H groups in total. The standard InChI is InChI=1S/C14H20FN/c1-2-8-16-11-14(6-7-14)10-12-4-3-5-13(15)9-12/h3-5,9,16H,2,6-8,10-11H2,1H3. The molecule has 0 atom stereocenters. The fraction of sp³-hybridized carbons (Fsp3) is 0.571. The Hall–Kier alpha value is -0.890. The molecule has 0 heterocycles. The Bertz CT molecular complexity index is 344. The van der Waals surface area contributed by atoms with Crippen molar-refractivity contribution in [3.8, 4) is 0 Å². The highest BCUT2D eigenvalue weighted by molar-refractivity contribution is 5.20. The van der Waals surface area contributed by atoms with Crippen molar-refractivity contribution in [3.05, 3.63) is 35.6 Å². The number of halogens is 1. The van der Waals surface area contributed by atoms with E-state index in [9.17, 15) is 4.39 Å². The van der Waals surface area contributed by atoms with Crippen molar-refractivity contribution in [2.24, 2.45) is 5.41 Å². The molecule has 1 aliphatic rings. The van der Waals surface area contributed by atoms with E-state index in [1.165, 1.54) is 25.3 Å². The van der Waals surface area contributed by atoms with Gasteiger partial charge in [0.05, 0.1) is 0 Å². The first kappa shape index (κ1) is 11.6. The van der Waals surface area contributed by atoms with Gasteiger partial charge in [-0.25, -0.2) is 4.39 Å². The lowest BCUT2D eigenvalue weighted by Crippen LogP contribution is -2.26. The third-order valence-electron chi connectivity index (χ3n) is 3.35. The van der Waals surface area contributed by atoms with Gasteiger partial charge in [-0.3, -0.25) is 0 Å². The molecular weight excluding hydrogens is 201 g/mol. The lowest BCUT2D eigenvalue weighted by atomic mass is 9.96. The zero-order valence-electron chi connectivity index (χ0n) is 9.93. The van der Waals surface area contributed by atoms with Gasteiger partial charge in [-0.05, 0) is 55.3 Å². The molecule has 2 heteroatoms. The van der Waals surface area contributed by atoms with Crippen molar-refractivity contribution in [3.63, 3.8) is 0 Å². The molecule has 0 amide bonds. The first-order valence-corrected chi connectivity index (χ1v) is 6.19. The first-order chi connectivity index (χ1) is 7.74. The maximum absolute atomic E-state index is 13.1. The predicted octanol–water partition coefficient (Wildman–Crippen LogP) is 3.15. The fourth-order valence-corrected chi connectivity index (χ4v) is 2.20. The Balaban J connectivity index is 1.89. The summed E-state index contributed by atoms with van der Waals surface area (Å²) in [6.07, 6.45) is 4.75. The lowest BCUT2D eigenvalue weighted by Gasteiger charge is -2.15. The minimum absolute atomic E-state index is 0.116. The second-order valence-corrected chi connectivity index (χ2v) is 4.98. The Morgan fingerprint density at radius 3 is 2.81 bits per heavy atom. The average molecular weight is 221 g/mol. The molecular formula is C14H20FN. The van der Waals surface area contributed by atoms with Gasteiger partial charge in [-0.15, -0.1) is 0 Å². The largest absolute Gasteiger partial charge is 0.316 e. The molecule has 88 valence electrons. The highest BCUT2D eigenvalue weighted by Gasteiger charge is 2.41. The van der Waals surface area contributed by atoms with Crippen molar-refractivity contribution in [1.29, 1.82) is 0 Å². The van der Waals surface area contributed by atoms with Gasteiger partial charge >= 0.3 is 0 Å². The lowest BCUT2D eigenvalue weighted by molar-refractivity contribution is 0.454. The number of hydrogen-bond donors (Lipinski definition) is 1. The summed E-state index contributed by atoms with van der Waals surface area (Å²) < 4.78 is 13.1. The van der Waals surface area contributed by atoms with E-state index in [1.54, 1.807) is 12.1 Å². The molecule has 1 saturated carbocycles. The molecule has 0 saturated heterocycles. The molecule has 0 aliphatic heterocycles. The van der Waals surface area contributed by atoms with Crippen LogP contribution >= 0.6 is 0 Å². The van der Waals surface area contributed by atoms with Crippen molar-refractivity contribution in [1.82, 2.24) is 5.32 Å². The zero-order valence-corrected chi connectivity index (χ0v) is 9.93. The third kappa shape index (κ3) is 3.05. The monoisotopic (exact) mass is 221 g/mol. The summed E-state index contributed by atoms with van der Waals surface area (Å²) in [6.45, 7) is 4.35. The van der Waals surface area contributed by atoms with E-state index >= 15 is 0 Å². The summed E-state index contributed by atoms with van der Waals surface area (Å²) in [6, 6.07) is 7.02. The van der Waals surface area contributed by atoms with Gasteiger partial charge in [0.15, 0.2) is 0 Å². The topological polar surface area (TPSA) is 12.0 Å². The van der Waals surface area contributed by atoms with Crippen LogP contribution in [0, 0.1) is 11.2 Å². The Kier molecular flexibility index (Phi) is 3.59. The molecule has 16 heavy (non-hydrogen) atoms. The van der Waals surface area contributed by atoms with Crippen LogP contribution in [0.3, 0.4) is 0 Å². The van der Waals surface area contributed by atoms with E-state index in [4.69, 9.17) is 0 Å². The Morgan fingerprint density at radius 2 is 2.19 bits per heavy atom. The average Bonchev–Trinajstić information content (AvgIpc) is 2.99. The van der Waals surface area contributed by atoms with E-state index in [-0.39, 0.29) is 5.82 Å². The minimum atomic E-state index is -0.116. The third-order valence-corrected chi connectivity index (χ3v) is 3.35. The molecule has 1 fully saturated rings. The summed E-state index contributed by atoms with van der Waals surface area (Å²) >= 11 is 0. The van der Waals surface area contributed by atoms with E-state index in [1.807, 2.05) is 6.07 Å². The summed E-state index contributed by atoms with van der Waals surface area (Å²) in [7, 11) is 0. The minimum Gasteiger partial charge on any atom is -0.316 e. The number of benzene rings is 1. The zero-order chi connectivity index (χ0) is 11.4. The Morgan fingerprint density at radius 1 is 1.38 bits per heavy atom. The fourth-order valence-electron chi connectivity index (χ4n) is 2.20. The molecule has 2 rings (SSSR count). The normalized spacial score (nSPS) is 17.4. The van der Waals surface area contributed by atoms with Crippen LogP contribution in [0.4, 0.5) is 4.39 Å². The SMILES string of the molecule is CCCNCC1(Cc2cccc(F)c2)CC1. The maximum atomic E-state index is 13.1. The van der Waals surface area contributed by atoms with Gasteiger partial charge in [0.1, 0.15) is 5.82 Å².